The van der Waals surface area contributed by atoms with Gasteiger partial charge in [0.25, 0.3) is 0 Å². The normalized spacial score (nSPS) is 11.6. The molecule has 0 saturated heterocycles. The zero-order valence-electron chi connectivity index (χ0n) is 16.6. The lowest BCUT2D eigenvalue weighted by Crippen LogP contribution is -2.22. The first-order chi connectivity index (χ1) is 15.1. The van der Waals surface area contributed by atoms with E-state index in [1.54, 1.807) is 36.8 Å². The highest BCUT2D eigenvalue weighted by Gasteiger charge is 2.24. The number of anilines is 1. The van der Waals surface area contributed by atoms with E-state index in [9.17, 15) is 4.79 Å². The summed E-state index contributed by atoms with van der Waals surface area (Å²) < 4.78 is 7.46. The van der Waals surface area contributed by atoms with Crippen LogP contribution in [-0.2, 0) is 4.79 Å². The van der Waals surface area contributed by atoms with Crippen LogP contribution >= 0.6 is 34.4 Å². The summed E-state index contributed by atoms with van der Waals surface area (Å²) in [4.78, 5) is 13.7. The molecule has 156 valence electrons. The molecule has 31 heavy (non-hydrogen) atoms. The Morgan fingerprint density at radius 3 is 2.77 bits per heavy atom. The number of rotatable bonds is 7. The lowest BCUT2D eigenvalue weighted by Gasteiger charge is -2.15. The predicted octanol–water partition coefficient (Wildman–Crippen LogP) is 5.06. The first kappa shape index (κ1) is 21.1. The van der Waals surface area contributed by atoms with Crippen LogP contribution in [0.5, 0.6) is 5.75 Å². The second-order valence-corrected chi connectivity index (χ2v) is 9.49. The fraction of sp³-hybridized carbons (Fsp3) is 0.143. The number of methoxy groups -OCH3 is 1. The van der Waals surface area contributed by atoms with Crippen LogP contribution in [0.1, 0.15) is 12.5 Å². The van der Waals surface area contributed by atoms with Crippen LogP contribution in [0, 0.1) is 11.3 Å². The summed E-state index contributed by atoms with van der Waals surface area (Å²) in [6, 6.07) is 15.3. The summed E-state index contributed by atoms with van der Waals surface area (Å²) in [5.74, 6) is 1.15. The molecule has 3 aromatic heterocycles. The topological polar surface area (TPSA) is 92.8 Å². The maximum Gasteiger partial charge on any atom is 0.238 e. The van der Waals surface area contributed by atoms with E-state index in [0.29, 0.717) is 27.3 Å². The molecule has 10 heteroatoms. The molecule has 7 nitrogen and oxygen atoms in total. The largest absolute Gasteiger partial charge is 0.495 e. The second-order valence-electron chi connectivity index (χ2n) is 6.32. The number of aromatic nitrogens is 3. The Balaban J connectivity index is 1.67. The quantitative estimate of drug-likeness (QED) is 0.382. The minimum absolute atomic E-state index is 0.212. The molecule has 3 heterocycles. The number of thioether (sulfide) groups is 1. The molecule has 0 radical (unpaired) electrons. The van der Waals surface area contributed by atoms with Gasteiger partial charge in [0.15, 0.2) is 11.0 Å². The van der Waals surface area contributed by atoms with Crippen molar-refractivity contribution in [3.8, 4) is 28.2 Å². The highest BCUT2D eigenvalue weighted by Crippen LogP contribution is 2.35. The molecular weight excluding hydrogens is 450 g/mol. The van der Waals surface area contributed by atoms with Crippen molar-refractivity contribution in [2.45, 2.75) is 17.3 Å². The molecule has 1 amide bonds. The zero-order valence-corrected chi connectivity index (χ0v) is 19.1. The van der Waals surface area contributed by atoms with Crippen molar-refractivity contribution in [2.24, 2.45) is 0 Å². The van der Waals surface area contributed by atoms with E-state index < -0.39 is 5.25 Å². The van der Waals surface area contributed by atoms with Crippen molar-refractivity contribution in [2.75, 3.05) is 12.4 Å². The molecule has 0 spiro atoms. The lowest BCUT2D eigenvalue weighted by atomic mass is 10.3. The molecule has 0 aliphatic heterocycles. The molecule has 0 aliphatic rings. The smallest absolute Gasteiger partial charge is 0.238 e. The monoisotopic (exact) mass is 467 g/mol. The molecule has 1 N–H and O–H groups in total. The van der Waals surface area contributed by atoms with Gasteiger partial charge in [0, 0.05) is 0 Å². The predicted molar refractivity (Wildman–Crippen MR) is 124 cm³/mol. The summed E-state index contributed by atoms with van der Waals surface area (Å²) >= 11 is 4.18. The third-order valence-corrected chi connectivity index (χ3v) is 7.11. The van der Waals surface area contributed by atoms with Gasteiger partial charge in [-0.2, -0.15) is 5.26 Å². The van der Waals surface area contributed by atoms with Gasteiger partial charge >= 0.3 is 0 Å². The summed E-state index contributed by atoms with van der Waals surface area (Å²) in [5, 5.41) is 25.2. The summed E-state index contributed by atoms with van der Waals surface area (Å²) in [5.41, 5.74) is 1.24. The van der Waals surface area contributed by atoms with E-state index in [1.165, 1.54) is 23.1 Å². The van der Waals surface area contributed by atoms with Gasteiger partial charge in [-0.25, -0.2) is 0 Å². The molecule has 4 aromatic rings. The van der Waals surface area contributed by atoms with Crippen LogP contribution in [0.25, 0.3) is 16.4 Å². The molecule has 1 aromatic carbocycles. The average Bonchev–Trinajstić information content (AvgIpc) is 3.54. The minimum atomic E-state index is -0.470. The van der Waals surface area contributed by atoms with E-state index in [-0.39, 0.29) is 5.91 Å². The molecule has 0 saturated carbocycles. The number of nitriles is 1. The van der Waals surface area contributed by atoms with E-state index in [4.69, 9.17) is 10.00 Å². The third-order valence-electron chi connectivity index (χ3n) is 4.37. The zero-order chi connectivity index (χ0) is 21.8. The van der Waals surface area contributed by atoms with Crippen LogP contribution in [0.3, 0.4) is 0 Å². The highest BCUT2D eigenvalue weighted by molar-refractivity contribution is 8.00. The highest BCUT2D eigenvalue weighted by atomic mass is 32.2. The number of carbonyl (C=O) groups is 1. The number of ether oxygens (including phenoxy) is 1. The van der Waals surface area contributed by atoms with Gasteiger partial charge in [-0.15, -0.1) is 32.9 Å². The van der Waals surface area contributed by atoms with Crippen LogP contribution in [0.15, 0.2) is 58.4 Å². The van der Waals surface area contributed by atoms with Crippen molar-refractivity contribution >= 4 is 45.3 Å². The van der Waals surface area contributed by atoms with Crippen molar-refractivity contribution in [3.63, 3.8) is 0 Å². The van der Waals surface area contributed by atoms with Gasteiger partial charge in [-0.05, 0) is 41.9 Å². The van der Waals surface area contributed by atoms with Gasteiger partial charge in [0.05, 0.1) is 28.5 Å². The minimum Gasteiger partial charge on any atom is -0.495 e. The molecule has 1 unspecified atom stereocenters. The number of para-hydroxylation sites is 2. The number of amides is 1. The molecular formula is C21H17N5O2S3. The first-order valence-electron chi connectivity index (χ1n) is 9.20. The number of nitrogens with one attached hydrogen (secondary N) is 1. The SMILES string of the molecule is COc1ccccc1-n1c(SC(C)C(=O)Nc2sccc2C#N)nnc1-c1cccs1. The van der Waals surface area contributed by atoms with Gasteiger partial charge in [-0.3, -0.25) is 9.36 Å². The molecule has 0 aliphatic carbocycles. The third kappa shape index (κ3) is 4.34. The van der Waals surface area contributed by atoms with E-state index >= 15 is 0 Å². The lowest BCUT2D eigenvalue weighted by molar-refractivity contribution is -0.115. The number of thiophene rings is 2. The number of carbonyl (C=O) groups excluding carboxylic acids is 1. The van der Waals surface area contributed by atoms with E-state index in [2.05, 4.69) is 21.6 Å². The fourth-order valence-corrected chi connectivity index (χ4v) is 5.16. The maximum atomic E-state index is 12.8. The van der Waals surface area contributed by atoms with Gasteiger partial charge in [-0.1, -0.05) is 30.0 Å². The average molecular weight is 468 g/mol. The fourth-order valence-electron chi connectivity index (χ4n) is 2.86. The van der Waals surface area contributed by atoms with Crippen LogP contribution < -0.4 is 10.1 Å². The van der Waals surface area contributed by atoms with Crippen LogP contribution in [0.2, 0.25) is 0 Å². The second kappa shape index (κ2) is 9.34. The van der Waals surface area contributed by atoms with Gasteiger partial charge in [0.1, 0.15) is 16.8 Å². The molecule has 0 bridgehead atoms. The number of benzene rings is 1. The van der Waals surface area contributed by atoms with E-state index in [0.717, 1.165) is 10.6 Å². The summed E-state index contributed by atoms with van der Waals surface area (Å²) in [7, 11) is 1.62. The molecule has 0 fully saturated rings. The molecule has 1 atom stereocenters. The van der Waals surface area contributed by atoms with Crippen LogP contribution in [-0.4, -0.2) is 33.0 Å². The number of hydrogen-bond acceptors (Lipinski definition) is 8. The Morgan fingerprint density at radius 2 is 2.03 bits per heavy atom. The number of nitrogens with zero attached hydrogens (tertiary/aromatic N) is 4. The molecule has 4 rings (SSSR count). The summed E-state index contributed by atoms with van der Waals surface area (Å²) in [6.45, 7) is 1.80. The van der Waals surface area contributed by atoms with Crippen molar-refractivity contribution in [1.82, 2.24) is 14.8 Å². The Kier molecular flexibility index (Phi) is 6.36. The van der Waals surface area contributed by atoms with Crippen molar-refractivity contribution < 1.29 is 9.53 Å². The van der Waals surface area contributed by atoms with Crippen molar-refractivity contribution in [3.05, 3.63) is 58.8 Å². The first-order valence-corrected chi connectivity index (χ1v) is 11.8. The standard InChI is InChI=1S/C21H17N5O2S3/c1-13(19(27)23-20-14(12-22)9-11-30-20)31-21-25-24-18(17-8-5-10-29-17)26(21)15-6-3-4-7-16(15)28-2/h3-11,13H,1-2H3,(H,23,27). The Hall–Kier alpha value is -3.13. The Bertz CT molecular complexity index is 1240. The van der Waals surface area contributed by atoms with Gasteiger partial charge < -0.3 is 10.1 Å². The van der Waals surface area contributed by atoms with E-state index in [1.807, 2.05) is 46.3 Å². The van der Waals surface area contributed by atoms with Crippen molar-refractivity contribution in [1.29, 1.82) is 5.26 Å². The van der Waals surface area contributed by atoms with Crippen LogP contribution in [0.4, 0.5) is 5.00 Å². The summed E-state index contributed by atoms with van der Waals surface area (Å²) in [6.07, 6.45) is 0. The maximum absolute atomic E-state index is 12.8. The van der Waals surface area contributed by atoms with Gasteiger partial charge in [0.2, 0.25) is 5.91 Å². The Morgan fingerprint density at radius 1 is 1.19 bits per heavy atom. The number of hydrogen-bond donors (Lipinski definition) is 1. The Labute approximate surface area is 191 Å².